The van der Waals surface area contributed by atoms with Gasteiger partial charge in [0.05, 0.1) is 0 Å². The molecular formula is C42H42OSi. The van der Waals surface area contributed by atoms with Gasteiger partial charge in [-0.05, 0) is 76.6 Å². The van der Waals surface area contributed by atoms with E-state index in [9.17, 15) is 0 Å². The van der Waals surface area contributed by atoms with Gasteiger partial charge in [0.15, 0.2) is 5.78 Å². The molecule has 3 saturated carbocycles. The van der Waals surface area contributed by atoms with Crippen molar-refractivity contribution in [2.75, 3.05) is 0 Å². The molecule has 2 atom stereocenters. The van der Waals surface area contributed by atoms with Crippen LogP contribution in [0.3, 0.4) is 0 Å². The van der Waals surface area contributed by atoms with E-state index in [0.717, 1.165) is 36.3 Å². The van der Waals surface area contributed by atoms with E-state index in [1.54, 1.807) is 0 Å². The number of hydrogen-bond acceptors (Lipinski definition) is 1. The molecular weight excluding hydrogens is 549 g/mol. The second-order valence-corrected chi connectivity index (χ2v) is 19.8. The van der Waals surface area contributed by atoms with Crippen LogP contribution in [0.1, 0.15) is 61.5 Å². The van der Waals surface area contributed by atoms with Gasteiger partial charge in [0, 0.05) is 16.4 Å². The van der Waals surface area contributed by atoms with Gasteiger partial charge in [-0.1, -0.05) is 152 Å². The fourth-order valence-corrected chi connectivity index (χ4v) is 16.6. The predicted octanol–water partition coefficient (Wildman–Crippen LogP) is 9.00. The van der Waals surface area contributed by atoms with Crippen LogP contribution >= 0.6 is 0 Å². The Labute approximate surface area is 263 Å². The second kappa shape index (κ2) is 9.88. The molecule has 0 spiro atoms. The number of Topliss-reactive ketones (excluding diaryl/α,β-unsaturated/α-hetero) is 1. The van der Waals surface area contributed by atoms with E-state index in [4.69, 9.17) is 0 Å². The van der Waals surface area contributed by atoms with Crippen molar-refractivity contribution in [3.05, 3.63) is 144 Å². The molecule has 0 saturated heterocycles. The Hall–Kier alpha value is -3.75. The van der Waals surface area contributed by atoms with E-state index < -0.39 is 8.07 Å². The third-order valence-corrected chi connectivity index (χ3v) is 18.6. The number of rotatable bonds is 6. The highest BCUT2D eigenvalue weighted by atomic mass is 28.3. The maximum Gasteiger partial charge on any atom is 0.169 e. The van der Waals surface area contributed by atoms with Gasteiger partial charge in [-0.3, -0.25) is 4.79 Å². The molecule has 0 radical (unpaired) electrons. The normalized spacial score (nSPS) is 25.6. The van der Waals surface area contributed by atoms with E-state index in [1.165, 1.54) is 33.3 Å². The monoisotopic (exact) mass is 590 g/mol. The molecule has 3 fully saturated rings. The summed E-state index contributed by atoms with van der Waals surface area (Å²) in [6.07, 6.45) is 4.36. The predicted molar refractivity (Wildman–Crippen MR) is 186 cm³/mol. The Morgan fingerprint density at radius 2 is 1.32 bits per heavy atom. The number of ketones is 1. The van der Waals surface area contributed by atoms with Crippen LogP contribution in [0.15, 0.2) is 127 Å². The van der Waals surface area contributed by atoms with E-state index in [2.05, 4.69) is 148 Å². The van der Waals surface area contributed by atoms with Crippen molar-refractivity contribution < 1.29 is 4.79 Å². The zero-order valence-corrected chi connectivity index (χ0v) is 27.2. The number of carbonyl (C=O) groups is 1. The smallest absolute Gasteiger partial charge is 0.169 e. The quantitative estimate of drug-likeness (QED) is 0.142. The lowest BCUT2D eigenvalue weighted by Crippen LogP contribution is -2.69. The van der Waals surface area contributed by atoms with E-state index >= 15 is 4.79 Å². The summed E-state index contributed by atoms with van der Waals surface area (Å²) in [6, 6.07) is 48.1. The molecule has 4 aliphatic carbocycles. The number of fused-ring (bicyclic) bond motifs is 2. The molecule has 2 heteroatoms. The van der Waals surface area contributed by atoms with Gasteiger partial charge >= 0.3 is 0 Å². The second-order valence-electron chi connectivity index (χ2n) is 15.0. The van der Waals surface area contributed by atoms with Crippen molar-refractivity contribution in [2.24, 2.45) is 17.3 Å². The maximum atomic E-state index is 15.3. The highest BCUT2D eigenvalue weighted by molar-refractivity contribution is 7.04. The minimum Gasteiger partial charge on any atom is -0.294 e. The molecule has 2 bridgehead atoms. The molecule has 0 unspecified atom stereocenters. The molecule has 5 aromatic carbocycles. The molecule has 220 valence electrons. The SMILES string of the molecule is CC(C)(C)[Si](C[C@@]12c3ccccc3CC[C@H]1C1CC2(C(=O)c2ccc3ccccc3c2)C1)(c1ccccc1)c1ccccc1. The lowest BCUT2D eigenvalue weighted by molar-refractivity contribution is 0.0497. The molecule has 5 aromatic rings. The molecule has 4 aliphatic rings. The first-order valence-corrected chi connectivity index (χ1v) is 18.7. The number of carbonyl (C=O) groups excluding carboxylic acids is 1. The lowest BCUT2D eigenvalue weighted by atomic mass is 9.53. The Kier molecular flexibility index (Phi) is 6.23. The topological polar surface area (TPSA) is 17.1 Å². The first-order chi connectivity index (χ1) is 21.3. The lowest BCUT2D eigenvalue weighted by Gasteiger charge is -2.56. The van der Waals surface area contributed by atoms with Crippen LogP contribution in [0.4, 0.5) is 0 Å². The third kappa shape index (κ3) is 3.67. The zero-order valence-electron chi connectivity index (χ0n) is 26.2. The van der Waals surface area contributed by atoms with Gasteiger partial charge in [-0.2, -0.15) is 0 Å². The van der Waals surface area contributed by atoms with Gasteiger partial charge in [-0.25, -0.2) is 0 Å². The van der Waals surface area contributed by atoms with Crippen molar-refractivity contribution in [3.8, 4) is 0 Å². The summed E-state index contributed by atoms with van der Waals surface area (Å²) >= 11 is 0. The minimum absolute atomic E-state index is 0.0293. The van der Waals surface area contributed by atoms with Crippen LogP contribution in [0.25, 0.3) is 10.8 Å². The van der Waals surface area contributed by atoms with Crippen LogP contribution in [0.5, 0.6) is 0 Å². The van der Waals surface area contributed by atoms with Crippen LogP contribution in [0.2, 0.25) is 11.1 Å². The van der Waals surface area contributed by atoms with E-state index in [1.807, 2.05) is 0 Å². The maximum absolute atomic E-state index is 15.3. The van der Waals surface area contributed by atoms with Gasteiger partial charge in [0.2, 0.25) is 0 Å². The van der Waals surface area contributed by atoms with E-state index in [-0.39, 0.29) is 15.9 Å². The molecule has 0 aromatic heterocycles. The first-order valence-electron chi connectivity index (χ1n) is 16.5. The Morgan fingerprint density at radius 3 is 1.98 bits per heavy atom. The molecule has 44 heavy (non-hydrogen) atoms. The Balaban J connectivity index is 1.41. The van der Waals surface area contributed by atoms with Crippen LogP contribution in [0, 0.1) is 17.3 Å². The van der Waals surface area contributed by atoms with Crippen molar-refractivity contribution in [1.82, 2.24) is 0 Å². The number of hydrogen-bond donors (Lipinski definition) is 0. The van der Waals surface area contributed by atoms with Gasteiger partial charge in [0.25, 0.3) is 0 Å². The van der Waals surface area contributed by atoms with Crippen LogP contribution in [-0.2, 0) is 11.8 Å². The van der Waals surface area contributed by atoms with Gasteiger partial charge in [0.1, 0.15) is 8.07 Å². The molecule has 0 N–H and O–H groups in total. The van der Waals surface area contributed by atoms with Crippen LogP contribution in [-0.4, -0.2) is 13.9 Å². The van der Waals surface area contributed by atoms with Crippen LogP contribution < -0.4 is 10.4 Å². The summed E-state index contributed by atoms with van der Waals surface area (Å²) in [6.45, 7) is 7.45. The zero-order chi connectivity index (χ0) is 30.2. The van der Waals surface area contributed by atoms with Crippen molar-refractivity contribution in [1.29, 1.82) is 0 Å². The Morgan fingerprint density at radius 1 is 0.727 bits per heavy atom. The summed E-state index contributed by atoms with van der Waals surface area (Å²) in [4.78, 5) is 15.3. The summed E-state index contributed by atoms with van der Waals surface area (Å²) in [7, 11) is -2.51. The summed E-state index contributed by atoms with van der Waals surface area (Å²) in [5.41, 5.74) is 3.28. The molecule has 0 aliphatic heterocycles. The molecule has 9 rings (SSSR count). The fourth-order valence-electron chi connectivity index (χ4n) is 10.4. The highest BCUT2D eigenvalue weighted by Gasteiger charge is 2.77. The Bertz CT molecular complexity index is 1820. The number of benzene rings is 5. The summed E-state index contributed by atoms with van der Waals surface area (Å²) < 4.78 is 0. The van der Waals surface area contributed by atoms with E-state index in [0.29, 0.717) is 17.6 Å². The number of aryl methyl sites for hydroxylation is 1. The van der Waals surface area contributed by atoms with Crippen molar-refractivity contribution in [2.45, 2.75) is 63.0 Å². The summed E-state index contributed by atoms with van der Waals surface area (Å²) in [5.74, 6) is 1.53. The fraction of sp³-hybridized carbons (Fsp3) is 0.310. The molecule has 1 nitrogen and oxygen atoms in total. The minimum atomic E-state index is -2.51. The average Bonchev–Trinajstić information content (AvgIpc) is 3.49. The standard InChI is InChI=1S/C42H42OSi/c1-40(2,3)44(35-17-6-4-7-18-35,36-19-8-5-9-20-36)29-42-37-21-13-12-15-31(37)24-25-38(42)34-27-41(42,28-34)39(43)33-23-22-30-14-10-11-16-32(30)26-33/h4-23,26,34,38H,24-25,27-29H2,1-3H3/t34?,38-,41?,42+/m0/s1. The average molecular weight is 591 g/mol. The first kappa shape index (κ1) is 27.8. The van der Waals surface area contributed by atoms with Gasteiger partial charge in [-0.15, -0.1) is 0 Å². The van der Waals surface area contributed by atoms with Crippen molar-refractivity contribution >= 4 is 35.0 Å². The van der Waals surface area contributed by atoms with Crippen molar-refractivity contribution in [3.63, 3.8) is 0 Å². The third-order valence-electron chi connectivity index (χ3n) is 12.3. The summed E-state index contributed by atoms with van der Waals surface area (Å²) in [5, 5.41) is 5.37. The molecule has 0 amide bonds. The largest absolute Gasteiger partial charge is 0.294 e. The van der Waals surface area contributed by atoms with Gasteiger partial charge < -0.3 is 0 Å². The molecule has 0 heterocycles. The highest BCUT2D eigenvalue weighted by Crippen LogP contribution is 2.77.